The standard InChI is InChI=1S/C20H17BrN8OS/c1-2-28-7-6-11(26-28)8-29-14-5-3-4-13(15(14)18(21)27-29)25-20(30)12-9-31-17-16(12)23-10-24-19(17)22/h3-7,9-10H,2,8H2,1H3,(H,25,30)(H2,22,23,24). The van der Waals surface area contributed by atoms with Gasteiger partial charge in [0.05, 0.1) is 44.6 Å². The highest BCUT2D eigenvalue weighted by molar-refractivity contribution is 9.10. The number of halogens is 1. The number of thiophene rings is 1. The molecule has 0 aliphatic carbocycles. The van der Waals surface area contributed by atoms with E-state index in [-0.39, 0.29) is 5.91 Å². The topological polar surface area (TPSA) is 117 Å². The highest BCUT2D eigenvalue weighted by atomic mass is 79.9. The molecule has 5 aromatic rings. The van der Waals surface area contributed by atoms with Crippen molar-refractivity contribution in [2.75, 3.05) is 11.1 Å². The molecule has 1 aromatic carbocycles. The third kappa shape index (κ3) is 3.45. The molecule has 0 bridgehead atoms. The Balaban J connectivity index is 1.49. The van der Waals surface area contributed by atoms with Crippen molar-refractivity contribution in [1.82, 2.24) is 29.5 Å². The molecular weight excluding hydrogens is 480 g/mol. The van der Waals surface area contributed by atoms with Gasteiger partial charge in [-0.1, -0.05) is 6.07 Å². The number of nitrogens with two attached hydrogens (primary N) is 1. The van der Waals surface area contributed by atoms with Crippen molar-refractivity contribution in [2.24, 2.45) is 0 Å². The molecule has 1 amide bonds. The Morgan fingerprint density at radius 1 is 1.26 bits per heavy atom. The molecule has 0 radical (unpaired) electrons. The SMILES string of the molecule is CCn1ccc(Cn2nc(Br)c3c(NC(=O)c4csc5c(N)ncnc45)cccc32)n1. The molecule has 0 aliphatic heterocycles. The quantitative estimate of drug-likeness (QED) is 0.381. The maximum Gasteiger partial charge on any atom is 0.258 e. The average molecular weight is 497 g/mol. The Kier molecular flexibility index (Phi) is 4.91. The van der Waals surface area contributed by atoms with E-state index in [0.29, 0.717) is 38.4 Å². The Morgan fingerprint density at radius 3 is 2.94 bits per heavy atom. The van der Waals surface area contributed by atoms with Crippen molar-refractivity contribution in [3.05, 3.63) is 58.0 Å². The number of benzene rings is 1. The Labute approximate surface area is 189 Å². The summed E-state index contributed by atoms with van der Waals surface area (Å²) >= 11 is 4.89. The van der Waals surface area contributed by atoms with E-state index in [1.54, 1.807) is 5.38 Å². The summed E-state index contributed by atoms with van der Waals surface area (Å²) < 4.78 is 5.09. The van der Waals surface area contributed by atoms with Crippen LogP contribution in [0.1, 0.15) is 23.0 Å². The predicted octanol–water partition coefficient (Wildman–Crippen LogP) is 3.90. The molecule has 0 atom stereocenters. The highest BCUT2D eigenvalue weighted by Gasteiger charge is 2.19. The first-order valence-corrected chi connectivity index (χ1v) is 11.2. The molecule has 0 fully saturated rings. The fraction of sp³-hybridized carbons (Fsp3) is 0.150. The Morgan fingerprint density at radius 2 is 2.13 bits per heavy atom. The van der Waals surface area contributed by atoms with E-state index in [0.717, 1.165) is 23.1 Å². The lowest BCUT2D eigenvalue weighted by atomic mass is 10.2. The van der Waals surface area contributed by atoms with Gasteiger partial charge in [-0.05, 0) is 41.1 Å². The van der Waals surface area contributed by atoms with Crippen molar-refractivity contribution in [3.8, 4) is 0 Å². The fourth-order valence-corrected chi connectivity index (χ4v) is 4.95. The minimum atomic E-state index is -0.266. The molecule has 4 heterocycles. The number of aromatic nitrogens is 6. The van der Waals surface area contributed by atoms with Gasteiger partial charge in [-0.2, -0.15) is 10.2 Å². The fourth-order valence-electron chi connectivity index (χ4n) is 3.44. The number of amides is 1. The van der Waals surface area contributed by atoms with Gasteiger partial charge in [0.1, 0.15) is 16.7 Å². The number of hydrogen-bond donors (Lipinski definition) is 2. The number of nitrogens with zero attached hydrogens (tertiary/aromatic N) is 6. The number of hydrogen-bond acceptors (Lipinski definition) is 7. The van der Waals surface area contributed by atoms with Gasteiger partial charge in [-0.3, -0.25) is 14.2 Å². The lowest BCUT2D eigenvalue weighted by Crippen LogP contribution is -2.12. The van der Waals surface area contributed by atoms with E-state index < -0.39 is 0 Å². The average Bonchev–Trinajstić information content (AvgIpc) is 3.47. The molecule has 11 heteroatoms. The van der Waals surface area contributed by atoms with Crippen LogP contribution >= 0.6 is 27.3 Å². The number of nitrogens with one attached hydrogen (secondary N) is 1. The summed E-state index contributed by atoms with van der Waals surface area (Å²) in [5.74, 6) is 0.101. The minimum Gasteiger partial charge on any atom is -0.382 e. The molecule has 4 aromatic heterocycles. The number of anilines is 2. The number of carbonyl (C=O) groups is 1. The molecule has 156 valence electrons. The first kappa shape index (κ1) is 19.6. The van der Waals surface area contributed by atoms with E-state index in [1.807, 2.05) is 46.7 Å². The van der Waals surface area contributed by atoms with Crippen molar-refractivity contribution in [3.63, 3.8) is 0 Å². The first-order chi connectivity index (χ1) is 15.0. The van der Waals surface area contributed by atoms with Crippen molar-refractivity contribution >= 4 is 65.8 Å². The number of fused-ring (bicyclic) bond motifs is 2. The van der Waals surface area contributed by atoms with Gasteiger partial charge in [0.15, 0.2) is 0 Å². The van der Waals surface area contributed by atoms with Crippen LogP contribution in [0.5, 0.6) is 0 Å². The van der Waals surface area contributed by atoms with Gasteiger partial charge < -0.3 is 11.1 Å². The van der Waals surface area contributed by atoms with Crippen LogP contribution < -0.4 is 11.1 Å². The second-order valence-electron chi connectivity index (χ2n) is 6.85. The zero-order valence-corrected chi connectivity index (χ0v) is 18.8. The number of aryl methyl sites for hydroxylation is 1. The third-order valence-electron chi connectivity index (χ3n) is 4.94. The highest BCUT2D eigenvalue weighted by Crippen LogP contribution is 2.32. The van der Waals surface area contributed by atoms with Gasteiger partial charge in [0.25, 0.3) is 5.91 Å². The second kappa shape index (κ2) is 7.75. The normalized spacial score (nSPS) is 11.4. The molecule has 5 rings (SSSR count). The van der Waals surface area contributed by atoms with Crippen molar-refractivity contribution in [1.29, 1.82) is 0 Å². The van der Waals surface area contributed by atoms with Crippen LogP contribution in [-0.2, 0) is 13.1 Å². The van der Waals surface area contributed by atoms with Crippen molar-refractivity contribution < 1.29 is 4.79 Å². The van der Waals surface area contributed by atoms with Crippen LogP contribution in [0, 0.1) is 0 Å². The molecule has 9 nitrogen and oxygen atoms in total. The molecule has 0 unspecified atom stereocenters. The Hall–Kier alpha value is -3.31. The molecular formula is C20H17BrN8OS. The predicted molar refractivity (Wildman–Crippen MR) is 124 cm³/mol. The maximum absolute atomic E-state index is 13.0. The number of rotatable bonds is 5. The van der Waals surface area contributed by atoms with Gasteiger partial charge in [0.2, 0.25) is 0 Å². The van der Waals surface area contributed by atoms with Crippen molar-refractivity contribution in [2.45, 2.75) is 20.0 Å². The van der Waals surface area contributed by atoms with Crippen LogP contribution in [0.25, 0.3) is 21.1 Å². The van der Waals surface area contributed by atoms with Crippen LogP contribution in [0.4, 0.5) is 11.5 Å². The zero-order valence-electron chi connectivity index (χ0n) is 16.4. The molecule has 3 N–H and O–H groups in total. The largest absolute Gasteiger partial charge is 0.382 e. The minimum absolute atomic E-state index is 0.266. The van der Waals surface area contributed by atoms with E-state index in [9.17, 15) is 4.79 Å². The molecule has 0 spiro atoms. The Bertz CT molecular complexity index is 1440. The summed E-state index contributed by atoms with van der Waals surface area (Å²) in [5, 5.41) is 14.7. The number of carbonyl (C=O) groups excluding carboxylic acids is 1. The van der Waals surface area contributed by atoms with Crippen LogP contribution in [0.3, 0.4) is 0 Å². The van der Waals surface area contributed by atoms with Gasteiger partial charge >= 0.3 is 0 Å². The van der Waals surface area contributed by atoms with E-state index in [2.05, 4.69) is 41.4 Å². The van der Waals surface area contributed by atoms with Crippen LogP contribution in [0.15, 0.2) is 46.8 Å². The summed E-state index contributed by atoms with van der Waals surface area (Å²) in [6.07, 6.45) is 3.31. The lowest BCUT2D eigenvalue weighted by molar-refractivity contribution is 0.102. The molecule has 0 aliphatic rings. The summed E-state index contributed by atoms with van der Waals surface area (Å²) in [7, 11) is 0. The van der Waals surface area contributed by atoms with Gasteiger partial charge in [-0.15, -0.1) is 11.3 Å². The van der Waals surface area contributed by atoms with E-state index >= 15 is 0 Å². The maximum atomic E-state index is 13.0. The summed E-state index contributed by atoms with van der Waals surface area (Å²) in [4.78, 5) is 21.2. The van der Waals surface area contributed by atoms with E-state index in [4.69, 9.17) is 5.73 Å². The van der Waals surface area contributed by atoms with Crippen LogP contribution in [-0.4, -0.2) is 35.4 Å². The molecule has 0 saturated carbocycles. The number of nitrogen functional groups attached to an aromatic ring is 1. The summed E-state index contributed by atoms with van der Waals surface area (Å²) in [6, 6.07) is 7.68. The van der Waals surface area contributed by atoms with E-state index in [1.165, 1.54) is 17.7 Å². The third-order valence-corrected chi connectivity index (χ3v) is 6.49. The van der Waals surface area contributed by atoms with Gasteiger partial charge in [-0.25, -0.2) is 9.97 Å². The van der Waals surface area contributed by atoms with Crippen LogP contribution in [0.2, 0.25) is 0 Å². The summed E-state index contributed by atoms with van der Waals surface area (Å²) in [6.45, 7) is 3.38. The second-order valence-corrected chi connectivity index (χ2v) is 8.48. The molecule has 0 saturated heterocycles. The lowest BCUT2D eigenvalue weighted by Gasteiger charge is -2.07. The first-order valence-electron chi connectivity index (χ1n) is 9.51. The molecule has 31 heavy (non-hydrogen) atoms. The van der Waals surface area contributed by atoms with Gasteiger partial charge in [0, 0.05) is 18.1 Å². The smallest absolute Gasteiger partial charge is 0.258 e. The monoisotopic (exact) mass is 496 g/mol. The summed E-state index contributed by atoms with van der Waals surface area (Å²) in [5.41, 5.74) is 9.35. The zero-order chi connectivity index (χ0) is 21.5.